The Kier molecular flexibility index (Phi) is 5.54. The van der Waals surface area contributed by atoms with Crippen LogP contribution in [-0.4, -0.2) is 50.3 Å². The second kappa shape index (κ2) is 6.87. The van der Waals surface area contributed by atoms with Crippen LogP contribution in [0.3, 0.4) is 0 Å². The first-order chi connectivity index (χ1) is 10.2. The summed E-state index contributed by atoms with van der Waals surface area (Å²) in [5, 5.41) is 0.547. The van der Waals surface area contributed by atoms with Gasteiger partial charge >= 0.3 is 0 Å². The van der Waals surface area contributed by atoms with E-state index < -0.39 is 10.0 Å². The van der Waals surface area contributed by atoms with Crippen molar-refractivity contribution in [1.29, 1.82) is 0 Å². The van der Waals surface area contributed by atoms with Gasteiger partial charge in [-0.15, -0.1) is 0 Å². The summed E-state index contributed by atoms with van der Waals surface area (Å²) < 4.78 is 26.7. The molecule has 124 valence electrons. The molecule has 0 aromatic heterocycles. The van der Waals surface area contributed by atoms with Crippen LogP contribution in [0.2, 0.25) is 5.02 Å². The lowest BCUT2D eigenvalue weighted by Crippen LogP contribution is -2.49. The van der Waals surface area contributed by atoms with Crippen molar-refractivity contribution in [3.05, 3.63) is 29.3 Å². The molecule has 6 heteroatoms. The van der Waals surface area contributed by atoms with Gasteiger partial charge in [-0.1, -0.05) is 32.4 Å². The quantitative estimate of drug-likeness (QED) is 0.842. The van der Waals surface area contributed by atoms with E-state index in [1.165, 1.54) is 0 Å². The summed E-state index contributed by atoms with van der Waals surface area (Å²) in [6, 6.07) is 6.38. The minimum Gasteiger partial charge on any atom is -0.301 e. The molecule has 0 bridgehead atoms. The fourth-order valence-corrected chi connectivity index (χ4v) is 3.99. The number of sulfonamides is 1. The number of rotatable bonds is 4. The molecule has 1 aliphatic heterocycles. The van der Waals surface area contributed by atoms with Crippen molar-refractivity contribution in [2.45, 2.75) is 32.1 Å². The molecule has 0 aliphatic carbocycles. The molecule has 2 rings (SSSR count). The van der Waals surface area contributed by atoms with Gasteiger partial charge in [0.1, 0.15) is 0 Å². The summed E-state index contributed by atoms with van der Waals surface area (Å²) in [5.74, 6) is 0. The van der Waals surface area contributed by atoms with Gasteiger partial charge in [0.25, 0.3) is 0 Å². The summed E-state index contributed by atoms with van der Waals surface area (Å²) in [6.45, 7) is 10.4. The van der Waals surface area contributed by atoms with E-state index in [1.54, 1.807) is 28.6 Å². The average Bonchev–Trinajstić information content (AvgIpc) is 2.45. The van der Waals surface area contributed by atoms with E-state index in [9.17, 15) is 8.42 Å². The fraction of sp³-hybridized carbons (Fsp3) is 0.625. The minimum absolute atomic E-state index is 0.312. The summed E-state index contributed by atoms with van der Waals surface area (Å²) in [4.78, 5) is 2.67. The molecule has 1 heterocycles. The summed E-state index contributed by atoms with van der Waals surface area (Å²) >= 11 is 5.82. The number of halogens is 1. The first-order valence-corrected chi connectivity index (χ1v) is 9.48. The SMILES string of the molecule is CC(C)(C)CCN1CCN(S(=O)(=O)c2ccc(Cl)cc2)CC1. The molecular formula is C16H25ClN2O2S. The number of hydrogen-bond donors (Lipinski definition) is 0. The van der Waals surface area contributed by atoms with E-state index in [1.807, 2.05) is 0 Å². The van der Waals surface area contributed by atoms with Gasteiger partial charge in [-0.3, -0.25) is 0 Å². The maximum absolute atomic E-state index is 12.6. The van der Waals surface area contributed by atoms with Crippen LogP contribution in [0.25, 0.3) is 0 Å². The van der Waals surface area contributed by atoms with E-state index in [2.05, 4.69) is 25.7 Å². The monoisotopic (exact) mass is 344 g/mol. The van der Waals surface area contributed by atoms with E-state index >= 15 is 0 Å². The van der Waals surface area contributed by atoms with Gasteiger partial charge < -0.3 is 4.90 Å². The van der Waals surface area contributed by atoms with Crippen LogP contribution in [0.5, 0.6) is 0 Å². The largest absolute Gasteiger partial charge is 0.301 e. The standard InChI is InChI=1S/C16H25ClN2O2S/c1-16(2,3)8-9-18-10-12-19(13-11-18)22(20,21)15-6-4-14(17)5-7-15/h4-7H,8-13H2,1-3H3. The van der Waals surface area contributed by atoms with E-state index in [0.717, 1.165) is 26.1 Å². The summed E-state index contributed by atoms with van der Waals surface area (Å²) in [6.07, 6.45) is 1.12. The van der Waals surface area contributed by atoms with Gasteiger partial charge in [-0.2, -0.15) is 4.31 Å². The Hall–Kier alpha value is -0.620. The second-order valence-corrected chi connectivity index (χ2v) is 9.38. The van der Waals surface area contributed by atoms with E-state index in [-0.39, 0.29) is 0 Å². The Labute approximate surface area is 139 Å². The maximum atomic E-state index is 12.6. The Morgan fingerprint density at radius 2 is 1.59 bits per heavy atom. The third kappa shape index (κ3) is 4.69. The first kappa shape index (κ1) is 17.7. The molecule has 0 spiro atoms. The summed E-state index contributed by atoms with van der Waals surface area (Å²) in [7, 11) is -3.40. The lowest BCUT2D eigenvalue weighted by atomic mass is 9.92. The van der Waals surface area contributed by atoms with Crippen LogP contribution in [0.15, 0.2) is 29.2 Å². The highest BCUT2D eigenvalue weighted by atomic mass is 35.5. The lowest BCUT2D eigenvalue weighted by Gasteiger charge is -2.35. The molecule has 1 aromatic carbocycles. The summed E-state index contributed by atoms with van der Waals surface area (Å²) in [5.41, 5.74) is 0.312. The van der Waals surface area contributed by atoms with Crippen molar-refractivity contribution in [1.82, 2.24) is 9.21 Å². The molecule has 1 aromatic rings. The molecular weight excluding hydrogens is 320 g/mol. The molecule has 4 nitrogen and oxygen atoms in total. The predicted molar refractivity (Wildman–Crippen MR) is 90.7 cm³/mol. The highest BCUT2D eigenvalue weighted by Gasteiger charge is 2.28. The van der Waals surface area contributed by atoms with Gasteiger partial charge in [-0.05, 0) is 42.6 Å². The van der Waals surface area contributed by atoms with Crippen LogP contribution in [-0.2, 0) is 10.0 Å². The maximum Gasteiger partial charge on any atom is 0.243 e. The smallest absolute Gasteiger partial charge is 0.243 e. The molecule has 0 radical (unpaired) electrons. The molecule has 1 aliphatic rings. The van der Waals surface area contributed by atoms with Crippen molar-refractivity contribution in [2.75, 3.05) is 32.7 Å². The lowest BCUT2D eigenvalue weighted by molar-refractivity contribution is 0.167. The molecule has 0 atom stereocenters. The van der Waals surface area contributed by atoms with Crippen LogP contribution in [0.4, 0.5) is 0 Å². The van der Waals surface area contributed by atoms with Gasteiger partial charge in [0.15, 0.2) is 0 Å². The first-order valence-electron chi connectivity index (χ1n) is 7.67. The fourth-order valence-electron chi connectivity index (χ4n) is 2.44. The predicted octanol–water partition coefficient (Wildman–Crippen LogP) is 3.08. The molecule has 1 saturated heterocycles. The number of piperazine rings is 1. The second-order valence-electron chi connectivity index (χ2n) is 7.01. The van der Waals surface area contributed by atoms with Crippen LogP contribution < -0.4 is 0 Å². The topological polar surface area (TPSA) is 40.6 Å². The molecule has 0 unspecified atom stereocenters. The highest BCUT2D eigenvalue weighted by Crippen LogP contribution is 2.22. The Balaban J connectivity index is 1.94. The average molecular weight is 345 g/mol. The van der Waals surface area contributed by atoms with E-state index in [4.69, 9.17) is 11.6 Å². The normalized spacial score (nSPS) is 18.5. The van der Waals surface area contributed by atoms with Crippen LogP contribution >= 0.6 is 11.6 Å². The molecule has 0 N–H and O–H groups in total. The van der Waals surface area contributed by atoms with E-state index in [0.29, 0.717) is 28.4 Å². The highest BCUT2D eigenvalue weighted by molar-refractivity contribution is 7.89. The Morgan fingerprint density at radius 3 is 2.09 bits per heavy atom. The molecule has 0 amide bonds. The zero-order valence-corrected chi connectivity index (χ0v) is 15.1. The zero-order valence-electron chi connectivity index (χ0n) is 13.5. The van der Waals surface area contributed by atoms with Gasteiger partial charge in [0.2, 0.25) is 10.0 Å². The van der Waals surface area contributed by atoms with Gasteiger partial charge in [-0.25, -0.2) is 8.42 Å². The molecule has 1 fully saturated rings. The van der Waals surface area contributed by atoms with Crippen molar-refractivity contribution in [3.8, 4) is 0 Å². The van der Waals surface area contributed by atoms with Crippen molar-refractivity contribution >= 4 is 21.6 Å². The Morgan fingerprint density at radius 1 is 1.05 bits per heavy atom. The number of hydrogen-bond acceptors (Lipinski definition) is 3. The van der Waals surface area contributed by atoms with Gasteiger partial charge in [0, 0.05) is 31.2 Å². The Bertz CT molecular complexity index is 586. The third-order valence-corrected chi connectivity index (χ3v) is 6.13. The molecule has 22 heavy (non-hydrogen) atoms. The van der Waals surface area contributed by atoms with Crippen LogP contribution in [0, 0.1) is 5.41 Å². The molecule has 0 saturated carbocycles. The zero-order chi connectivity index (χ0) is 16.4. The number of nitrogens with zero attached hydrogens (tertiary/aromatic N) is 2. The van der Waals surface area contributed by atoms with Crippen LogP contribution in [0.1, 0.15) is 27.2 Å². The van der Waals surface area contributed by atoms with Crippen molar-refractivity contribution in [2.24, 2.45) is 5.41 Å². The third-order valence-electron chi connectivity index (χ3n) is 3.96. The minimum atomic E-state index is -3.40. The van der Waals surface area contributed by atoms with Gasteiger partial charge in [0.05, 0.1) is 4.90 Å². The van der Waals surface area contributed by atoms with Crippen molar-refractivity contribution in [3.63, 3.8) is 0 Å². The number of benzene rings is 1. The van der Waals surface area contributed by atoms with Crippen molar-refractivity contribution < 1.29 is 8.42 Å².